The Bertz CT molecular complexity index is 1380. The fourth-order valence-corrected chi connectivity index (χ4v) is 6.04. The molecular weight excluding hydrogens is 501 g/mol. The van der Waals surface area contributed by atoms with Gasteiger partial charge in [-0.2, -0.15) is 5.10 Å². The van der Waals surface area contributed by atoms with Crippen LogP contribution in [0.4, 0.5) is 5.69 Å². The molecule has 10 heteroatoms. The number of aromatic amines is 1. The van der Waals surface area contributed by atoms with Gasteiger partial charge in [0.1, 0.15) is 12.2 Å². The highest BCUT2D eigenvalue weighted by atomic mass is 35.5. The summed E-state index contributed by atoms with van der Waals surface area (Å²) < 4.78 is 0. The summed E-state index contributed by atoms with van der Waals surface area (Å²) in [7, 11) is 0. The van der Waals surface area contributed by atoms with Crippen LogP contribution in [0.2, 0.25) is 5.02 Å². The number of hydrazine groups is 1. The van der Waals surface area contributed by atoms with E-state index in [9.17, 15) is 0 Å². The lowest BCUT2D eigenvalue weighted by molar-refractivity contribution is 0.362. The Balaban J connectivity index is 1.53. The summed E-state index contributed by atoms with van der Waals surface area (Å²) in [6.07, 6.45) is 7.20. The number of alkyl halides is 1. The van der Waals surface area contributed by atoms with Crippen LogP contribution in [-0.4, -0.2) is 27.1 Å². The number of thiophene rings is 1. The van der Waals surface area contributed by atoms with E-state index in [1.807, 2.05) is 18.3 Å². The van der Waals surface area contributed by atoms with Crippen LogP contribution in [0, 0.1) is 6.92 Å². The van der Waals surface area contributed by atoms with E-state index in [0.29, 0.717) is 10.7 Å². The highest BCUT2D eigenvalue weighted by molar-refractivity contribution is 7.15. The molecule has 35 heavy (non-hydrogen) atoms. The Morgan fingerprint density at radius 3 is 2.91 bits per heavy atom. The number of hydrogen-bond acceptors (Lipinski definition) is 6. The van der Waals surface area contributed by atoms with Gasteiger partial charge in [-0.3, -0.25) is 5.01 Å². The van der Waals surface area contributed by atoms with Crippen LogP contribution in [0.25, 0.3) is 16.1 Å². The van der Waals surface area contributed by atoms with E-state index in [1.165, 1.54) is 21.1 Å². The Hall–Kier alpha value is -3.04. The molecule has 0 amide bonds. The molecular formula is C25H25Cl2N7S. The molecule has 0 radical (unpaired) electrons. The molecule has 4 heterocycles. The van der Waals surface area contributed by atoms with Gasteiger partial charge in [-0.1, -0.05) is 18.2 Å². The number of benzene rings is 1. The molecule has 1 unspecified atom stereocenters. The number of hydrogen-bond donors (Lipinski definition) is 3. The monoisotopic (exact) mass is 525 g/mol. The number of hydrazone groups is 1. The van der Waals surface area contributed by atoms with Gasteiger partial charge in [0.05, 0.1) is 34.4 Å². The van der Waals surface area contributed by atoms with Crippen molar-refractivity contribution in [3.63, 3.8) is 0 Å². The fraction of sp³-hybridized carbons (Fsp3) is 0.200. The average Bonchev–Trinajstić information content (AvgIpc) is 3.58. The topological polar surface area (TPSA) is 99.6 Å². The molecule has 5 rings (SSSR count). The number of nitrogens with two attached hydrogens (primary N) is 2. The number of aryl methyl sites for hydroxylation is 1. The van der Waals surface area contributed by atoms with Crippen molar-refractivity contribution >= 4 is 52.1 Å². The molecule has 1 saturated heterocycles. The predicted octanol–water partition coefficient (Wildman–Crippen LogP) is 5.92. The average molecular weight is 526 g/mol. The summed E-state index contributed by atoms with van der Waals surface area (Å²) in [6, 6.07) is 9.78. The first kappa shape index (κ1) is 23.7. The summed E-state index contributed by atoms with van der Waals surface area (Å²) >= 11 is 14.6. The molecule has 7 nitrogen and oxygen atoms in total. The summed E-state index contributed by atoms with van der Waals surface area (Å²) in [5, 5.41) is 5.50. The maximum absolute atomic E-state index is 6.50. The lowest BCUT2D eigenvalue weighted by atomic mass is 9.93. The molecule has 2 aliphatic heterocycles. The molecule has 3 aromatic rings. The number of nitrogens with zero attached hydrogens (tertiary/aromatic N) is 4. The van der Waals surface area contributed by atoms with Crippen molar-refractivity contribution in [2.45, 2.75) is 25.8 Å². The van der Waals surface area contributed by atoms with Crippen LogP contribution < -0.4 is 16.7 Å². The third-order valence-corrected chi connectivity index (χ3v) is 7.88. The van der Waals surface area contributed by atoms with Crippen LogP contribution >= 0.6 is 34.5 Å². The molecule has 0 bridgehead atoms. The van der Waals surface area contributed by atoms with E-state index >= 15 is 0 Å². The van der Waals surface area contributed by atoms with Gasteiger partial charge in [0, 0.05) is 26.9 Å². The molecule has 0 spiro atoms. The second-order valence-electron chi connectivity index (χ2n) is 8.46. The zero-order valence-corrected chi connectivity index (χ0v) is 21.5. The van der Waals surface area contributed by atoms with Crippen molar-refractivity contribution < 1.29 is 0 Å². The molecule has 2 aliphatic rings. The summed E-state index contributed by atoms with van der Waals surface area (Å²) in [4.78, 5) is 13.0. The van der Waals surface area contributed by atoms with E-state index < -0.39 is 0 Å². The maximum atomic E-state index is 6.50. The van der Waals surface area contributed by atoms with Crippen LogP contribution in [0.1, 0.15) is 35.1 Å². The molecule has 2 aromatic heterocycles. The summed E-state index contributed by atoms with van der Waals surface area (Å²) in [5.74, 6) is 12.7. The van der Waals surface area contributed by atoms with Crippen molar-refractivity contribution in [1.29, 1.82) is 0 Å². The molecule has 1 atom stereocenters. The minimum atomic E-state index is 0.0533. The number of halogens is 2. The molecule has 180 valence electrons. The van der Waals surface area contributed by atoms with E-state index in [2.05, 4.69) is 46.7 Å². The van der Waals surface area contributed by atoms with Crippen LogP contribution in [0.3, 0.4) is 0 Å². The Morgan fingerprint density at radius 2 is 2.20 bits per heavy atom. The van der Waals surface area contributed by atoms with Gasteiger partial charge in [-0.05, 0) is 67.3 Å². The van der Waals surface area contributed by atoms with E-state index in [-0.39, 0.29) is 11.9 Å². The number of rotatable bonds is 6. The summed E-state index contributed by atoms with van der Waals surface area (Å²) in [5.41, 5.74) is 6.41. The van der Waals surface area contributed by atoms with Crippen molar-refractivity contribution in [3.05, 3.63) is 87.4 Å². The van der Waals surface area contributed by atoms with Gasteiger partial charge in [-0.15, -0.1) is 22.9 Å². The van der Waals surface area contributed by atoms with Crippen LogP contribution in [0.15, 0.2) is 71.3 Å². The highest BCUT2D eigenvalue weighted by Crippen LogP contribution is 2.48. The third-order valence-electron chi connectivity index (χ3n) is 6.34. The van der Waals surface area contributed by atoms with Gasteiger partial charge in [0.2, 0.25) is 0 Å². The zero-order valence-electron chi connectivity index (χ0n) is 19.1. The van der Waals surface area contributed by atoms with Crippen LogP contribution in [-0.2, 0) is 0 Å². The number of anilines is 1. The van der Waals surface area contributed by atoms with Crippen molar-refractivity contribution in [1.82, 2.24) is 14.9 Å². The quantitative estimate of drug-likeness (QED) is 0.122. The number of fused-ring (bicyclic) bond motifs is 1. The Kier molecular flexibility index (Phi) is 6.46. The smallest absolute Gasteiger partial charge is 0.129 e. The number of H-pyrrole nitrogens is 1. The molecule has 0 aliphatic carbocycles. The first-order chi connectivity index (χ1) is 16.9. The third kappa shape index (κ3) is 4.27. The van der Waals surface area contributed by atoms with Gasteiger partial charge in [0.15, 0.2) is 0 Å². The maximum Gasteiger partial charge on any atom is 0.129 e. The second kappa shape index (κ2) is 9.54. The Morgan fingerprint density at radius 1 is 1.37 bits per heavy atom. The van der Waals surface area contributed by atoms with Crippen LogP contribution in [0.5, 0.6) is 0 Å². The SMILES string of the molecule is C=C1C(CCl)=C(c2cc(Cl)ccc2N(N)/C=N\N)C=C2CCC(c3ncc(-c4ccc(C)s4)[nH]3)N12. The lowest BCUT2D eigenvalue weighted by Gasteiger charge is -2.34. The highest BCUT2D eigenvalue weighted by Gasteiger charge is 2.37. The lowest BCUT2D eigenvalue weighted by Crippen LogP contribution is -2.31. The number of imidazole rings is 1. The fourth-order valence-electron chi connectivity index (χ4n) is 4.73. The molecule has 1 fully saturated rings. The summed E-state index contributed by atoms with van der Waals surface area (Å²) in [6.45, 7) is 6.55. The van der Waals surface area contributed by atoms with E-state index in [1.54, 1.807) is 17.4 Å². The first-order valence-electron chi connectivity index (χ1n) is 11.1. The molecule has 1 aromatic carbocycles. The zero-order chi connectivity index (χ0) is 24.7. The van der Waals surface area contributed by atoms with Gasteiger partial charge in [-0.25, -0.2) is 10.8 Å². The largest absolute Gasteiger partial charge is 0.340 e. The predicted molar refractivity (Wildman–Crippen MR) is 146 cm³/mol. The minimum absolute atomic E-state index is 0.0533. The van der Waals surface area contributed by atoms with Crippen molar-refractivity contribution in [2.24, 2.45) is 16.8 Å². The Labute approximate surface area is 218 Å². The molecule has 0 saturated carbocycles. The van der Waals surface area contributed by atoms with E-state index in [4.69, 9.17) is 39.9 Å². The standard InChI is InChI=1S/C25H25Cl2N7S/c1-14-3-8-24(35-14)21-12-30-25(32-21)23-7-5-17-10-18(20(11-26)15(2)34(17)23)19-9-16(27)4-6-22(19)33(29)13-31-28/h3-4,6,8-10,12-13,23H,2,5,7,11,28-29H2,1H3,(H,30,32)/b31-13-. The van der Waals surface area contributed by atoms with Crippen molar-refractivity contribution in [3.8, 4) is 10.6 Å². The van der Waals surface area contributed by atoms with Gasteiger partial charge >= 0.3 is 0 Å². The van der Waals surface area contributed by atoms with Gasteiger partial charge in [0.25, 0.3) is 0 Å². The van der Waals surface area contributed by atoms with E-state index in [0.717, 1.165) is 52.5 Å². The first-order valence-corrected chi connectivity index (χ1v) is 12.8. The molecule has 5 N–H and O–H groups in total. The number of nitrogens with one attached hydrogen (secondary N) is 1. The normalized spacial score (nSPS) is 17.9. The number of allylic oxidation sites excluding steroid dienone is 4. The van der Waals surface area contributed by atoms with Crippen molar-refractivity contribution in [2.75, 3.05) is 10.9 Å². The minimum Gasteiger partial charge on any atom is -0.340 e. The number of aromatic nitrogens is 2. The second-order valence-corrected chi connectivity index (χ2v) is 10.4. The van der Waals surface area contributed by atoms with Gasteiger partial charge < -0.3 is 15.7 Å².